The summed E-state index contributed by atoms with van der Waals surface area (Å²) in [5.74, 6) is -0.188. The molecule has 10 nitrogen and oxygen atoms in total. The predicted molar refractivity (Wildman–Crippen MR) is 147 cm³/mol. The van der Waals surface area contributed by atoms with Crippen molar-refractivity contribution >= 4 is 29.0 Å². The molecule has 3 aromatic heterocycles. The maximum Gasteiger partial charge on any atom is 0.416 e. The van der Waals surface area contributed by atoms with Crippen molar-refractivity contribution in [1.82, 2.24) is 24.3 Å². The van der Waals surface area contributed by atoms with E-state index >= 15 is 0 Å². The highest BCUT2D eigenvalue weighted by Crippen LogP contribution is 2.37. The molecule has 2 fully saturated rings. The topological polar surface area (TPSA) is 139 Å². The fourth-order valence-corrected chi connectivity index (χ4v) is 5.61. The standard InChI is InChI=1S/C29H28F3N7O3/c30-29(31,32)20-8-11-34-21(15-20)36-26(40)18-6-4-17(5-7-18)22-23-24(33)35-12-14-39(23)25(37-22)19-3-1-13-38(16-19)27(41)28(42)9-2-10-28/h4-8,11-12,14-15,19,42H,1-3,9-10,13,16H2,(H2,33,35)(H,34,36,40)/t19-/m1/s1. The van der Waals surface area contributed by atoms with Crippen LogP contribution in [-0.4, -0.2) is 59.9 Å². The van der Waals surface area contributed by atoms with E-state index in [-0.39, 0.29) is 29.0 Å². The van der Waals surface area contributed by atoms with E-state index in [9.17, 15) is 27.9 Å². The van der Waals surface area contributed by atoms with Gasteiger partial charge in [0.1, 0.15) is 34.3 Å². The fraction of sp³-hybridized carbons (Fsp3) is 0.345. The molecule has 1 saturated carbocycles. The second kappa shape index (κ2) is 10.4. The van der Waals surface area contributed by atoms with Crippen molar-refractivity contribution in [3.8, 4) is 11.3 Å². The number of halogens is 3. The zero-order chi connectivity index (χ0) is 29.6. The van der Waals surface area contributed by atoms with Crippen LogP contribution in [0, 0.1) is 0 Å². The molecule has 1 aliphatic heterocycles. The maximum atomic E-state index is 13.0. The number of anilines is 2. The number of amides is 2. The van der Waals surface area contributed by atoms with E-state index in [1.165, 1.54) is 12.1 Å². The summed E-state index contributed by atoms with van der Waals surface area (Å²) in [6.07, 6.45) is 3.13. The second-order valence-corrected chi connectivity index (χ2v) is 10.8. The number of benzene rings is 1. The molecule has 0 radical (unpaired) electrons. The van der Waals surface area contributed by atoms with Gasteiger partial charge in [-0.05, 0) is 56.4 Å². The van der Waals surface area contributed by atoms with E-state index in [1.807, 2.05) is 4.40 Å². The molecule has 13 heteroatoms. The highest BCUT2D eigenvalue weighted by Gasteiger charge is 2.45. The predicted octanol–water partition coefficient (Wildman–Crippen LogP) is 4.27. The number of nitrogens with two attached hydrogens (primary N) is 1. The monoisotopic (exact) mass is 579 g/mol. The van der Waals surface area contributed by atoms with Gasteiger partial charge in [-0.2, -0.15) is 13.2 Å². The van der Waals surface area contributed by atoms with Gasteiger partial charge in [0, 0.05) is 48.7 Å². The Hall–Kier alpha value is -4.52. The number of nitrogens with one attached hydrogen (secondary N) is 1. The number of hydrogen-bond acceptors (Lipinski definition) is 7. The van der Waals surface area contributed by atoms with Gasteiger partial charge in [0.25, 0.3) is 11.8 Å². The minimum Gasteiger partial charge on any atom is -0.382 e. The van der Waals surface area contributed by atoms with Crippen molar-refractivity contribution < 1.29 is 27.9 Å². The number of hydrogen-bond donors (Lipinski definition) is 3. The van der Waals surface area contributed by atoms with Gasteiger partial charge in [-0.1, -0.05) is 12.1 Å². The number of fused-ring (bicyclic) bond motifs is 1. The highest BCUT2D eigenvalue weighted by atomic mass is 19.4. The van der Waals surface area contributed by atoms with E-state index in [0.29, 0.717) is 48.5 Å². The number of aromatic nitrogens is 4. The van der Waals surface area contributed by atoms with Crippen LogP contribution in [0.2, 0.25) is 0 Å². The van der Waals surface area contributed by atoms with Crippen LogP contribution in [0.5, 0.6) is 0 Å². The second-order valence-electron chi connectivity index (χ2n) is 10.8. The van der Waals surface area contributed by atoms with Crippen LogP contribution in [-0.2, 0) is 11.0 Å². The van der Waals surface area contributed by atoms with Gasteiger partial charge in [-0.3, -0.25) is 14.0 Å². The number of imidazole rings is 1. The molecular weight excluding hydrogens is 551 g/mol. The molecule has 0 bridgehead atoms. The van der Waals surface area contributed by atoms with E-state index in [0.717, 1.165) is 37.6 Å². The maximum absolute atomic E-state index is 13.0. The zero-order valence-corrected chi connectivity index (χ0v) is 22.4. The lowest BCUT2D eigenvalue weighted by molar-refractivity contribution is -0.161. The molecule has 218 valence electrons. The third-order valence-electron chi connectivity index (χ3n) is 8.01. The molecule has 1 atom stereocenters. The van der Waals surface area contributed by atoms with Gasteiger partial charge < -0.3 is 21.1 Å². The smallest absolute Gasteiger partial charge is 0.382 e. The van der Waals surface area contributed by atoms with Gasteiger partial charge in [0.05, 0.1) is 5.56 Å². The van der Waals surface area contributed by atoms with Gasteiger partial charge >= 0.3 is 6.18 Å². The number of pyridine rings is 1. The Bertz CT molecular complexity index is 1670. The molecule has 1 aromatic carbocycles. The summed E-state index contributed by atoms with van der Waals surface area (Å²) in [5, 5.41) is 13.0. The van der Waals surface area contributed by atoms with Gasteiger partial charge in [-0.15, -0.1) is 0 Å². The van der Waals surface area contributed by atoms with Crippen molar-refractivity contribution in [3.05, 3.63) is 71.9 Å². The van der Waals surface area contributed by atoms with Crippen LogP contribution in [0.25, 0.3) is 16.8 Å². The number of carbonyl (C=O) groups is 2. The van der Waals surface area contributed by atoms with Crippen molar-refractivity contribution in [2.24, 2.45) is 0 Å². The van der Waals surface area contributed by atoms with Crippen LogP contribution in [0.4, 0.5) is 24.8 Å². The molecule has 0 unspecified atom stereocenters. The van der Waals surface area contributed by atoms with E-state index in [1.54, 1.807) is 29.4 Å². The first-order valence-electron chi connectivity index (χ1n) is 13.6. The van der Waals surface area contributed by atoms with Gasteiger partial charge in [0.15, 0.2) is 0 Å². The molecule has 2 aliphatic rings. The van der Waals surface area contributed by atoms with E-state index in [4.69, 9.17) is 10.7 Å². The molecule has 6 rings (SSSR count). The molecular formula is C29H28F3N7O3. The first kappa shape index (κ1) is 27.6. The Morgan fingerprint density at radius 1 is 1.07 bits per heavy atom. The van der Waals surface area contributed by atoms with Crippen LogP contribution >= 0.6 is 0 Å². The minimum atomic E-state index is -4.56. The molecule has 1 saturated heterocycles. The zero-order valence-electron chi connectivity index (χ0n) is 22.4. The summed E-state index contributed by atoms with van der Waals surface area (Å²) < 4.78 is 40.9. The SMILES string of the molecule is Nc1nccn2c([C@@H]3CCCN(C(=O)C4(O)CCC4)C3)nc(-c3ccc(C(=O)Nc4cc(C(F)(F)F)ccn4)cc3)c12. The molecule has 4 aromatic rings. The Morgan fingerprint density at radius 3 is 2.52 bits per heavy atom. The third-order valence-corrected chi connectivity index (χ3v) is 8.01. The number of aliphatic hydroxyl groups is 1. The quantitative estimate of drug-likeness (QED) is 0.321. The Morgan fingerprint density at radius 2 is 1.83 bits per heavy atom. The minimum absolute atomic E-state index is 0.0977. The Labute approximate surface area is 238 Å². The van der Waals surface area contributed by atoms with Gasteiger partial charge in [-0.25, -0.2) is 15.0 Å². The van der Waals surface area contributed by atoms with Crippen LogP contribution in [0.1, 0.15) is 59.8 Å². The first-order valence-corrected chi connectivity index (χ1v) is 13.6. The Kier molecular flexibility index (Phi) is 6.84. The summed E-state index contributed by atoms with van der Waals surface area (Å²) in [6.45, 7) is 1.00. The van der Waals surface area contributed by atoms with Crippen LogP contribution in [0.15, 0.2) is 55.0 Å². The van der Waals surface area contributed by atoms with Crippen LogP contribution < -0.4 is 11.1 Å². The third kappa shape index (κ3) is 5.04. The molecule has 0 spiro atoms. The number of nitrogen functional groups attached to an aromatic ring is 1. The highest BCUT2D eigenvalue weighted by molar-refractivity contribution is 6.04. The lowest BCUT2D eigenvalue weighted by Crippen LogP contribution is -2.55. The number of carbonyl (C=O) groups excluding carboxylic acids is 2. The van der Waals surface area contributed by atoms with Crippen molar-refractivity contribution in [2.75, 3.05) is 24.1 Å². The summed E-state index contributed by atoms with van der Waals surface area (Å²) in [7, 11) is 0. The Balaban J connectivity index is 1.26. The molecule has 42 heavy (non-hydrogen) atoms. The normalized spacial score (nSPS) is 18.5. The molecule has 4 N–H and O–H groups in total. The molecule has 1 aliphatic carbocycles. The van der Waals surface area contributed by atoms with Crippen molar-refractivity contribution in [3.63, 3.8) is 0 Å². The van der Waals surface area contributed by atoms with Crippen molar-refractivity contribution in [1.29, 1.82) is 0 Å². The summed E-state index contributed by atoms with van der Waals surface area (Å²) in [4.78, 5) is 40.5. The summed E-state index contributed by atoms with van der Waals surface area (Å²) in [6, 6.07) is 8.03. The fourth-order valence-electron chi connectivity index (χ4n) is 5.61. The average molecular weight is 580 g/mol. The number of nitrogens with zero attached hydrogens (tertiary/aromatic N) is 5. The number of alkyl halides is 3. The average Bonchev–Trinajstić information content (AvgIpc) is 3.36. The summed E-state index contributed by atoms with van der Waals surface area (Å²) >= 11 is 0. The molecule has 2 amide bonds. The van der Waals surface area contributed by atoms with Crippen molar-refractivity contribution in [2.45, 2.75) is 49.8 Å². The molecule has 4 heterocycles. The van der Waals surface area contributed by atoms with Crippen LogP contribution in [0.3, 0.4) is 0 Å². The van der Waals surface area contributed by atoms with Gasteiger partial charge in [0.2, 0.25) is 0 Å². The van der Waals surface area contributed by atoms with E-state index in [2.05, 4.69) is 15.3 Å². The number of piperidine rings is 1. The largest absolute Gasteiger partial charge is 0.416 e. The first-order chi connectivity index (χ1) is 20.0. The lowest BCUT2D eigenvalue weighted by atomic mass is 9.78. The van der Waals surface area contributed by atoms with E-state index < -0.39 is 23.2 Å². The summed E-state index contributed by atoms with van der Waals surface area (Å²) in [5.41, 5.74) is 6.09. The number of rotatable bonds is 5. The number of likely N-dealkylation sites (tertiary alicyclic amines) is 1. The lowest BCUT2D eigenvalue weighted by Gasteiger charge is -2.41.